The number of methoxy groups -OCH3 is 1. The van der Waals surface area contributed by atoms with Gasteiger partial charge in [-0.2, -0.15) is 0 Å². The normalized spacial score (nSPS) is 39.5. The van der Waals surface area contributed by atoms with Crippen molar-refractivity contribution >= 4 is 17.7 Å². The third kappa shape index (κ3) is 5.51. The average Bonchev–Trinajstić information content (AvgIpc) is 3.70. The fraction of sp³-hybridized carbons (Fsp3) is 0.833. The summed E-state index contributed by atoms with van der Waals surface area (Å²) in [6, 6.07) is 0.207. The summed E-state index contributed by atoms with van der Waals surface area (Å²) in [5.74, 6) is 1.54. The minimum atomic E-state index is -0.181. The van der Waals surface area contributed by atoms with Gasteiger partial charge in [-0.3, -0.25) is 19.3 Å². The Bertz CT molecular complexity index is 976. The lowest BCUT2D eigenvalue weighted by Gasteiger charge is -2.47. The van der Waals surface area contributed by atoms with Gasteiger partial charge in [-0.15, -0.1) is 0 Å². The van der Waals surface area contributed by atoms with E-state index in [-0.39, 0.29) is 47.9 Å². The monoisotopic (exact) mass is 542 g/mol. The molecular weight excluding hydrogens is 496 g/mol. The molecule has 9 nitrogen and oxygen atoms in total. The molecule has 2 saturated heterocycles. The van der Waals surface area contributed by atoms with E-state index in [1.165, 1.54) is 25.3 Å². The smallest absolute Gasteiger partial charge is 0.248 e. The largest absolute Gasteiger partial charge is 0.381 e. The predicted molar refractivity (Wildman–Crippen MR) is 146 cm³/mol. The van der Waals surface area contributed by atoms with Crippen molar-refractivity contribution in [3.63, 3.8) is 0 Å². The zero-order chi connectivity index (χ0) is 27.1. The molecule has 0 aromatic heterocycles. The number of carbonyl (C=O) groups is 3. The van der Waals surface area contributed by atoms with Crippen LogP contribution in [0.5, 0.6) is 0 Å². The van der Waals surface area contributed by atoms with Gasteiger partial charge in [0.05, 0.1) is 25.2 Å². The molecule has 0 radical (unpaired) electrons. The van der Waals surface area contributed by atoms with E-state index in [0.717, 1.165) is 51.1 Å². The van der Waals surface area contributed by atoms with Crippen molar-refractivity contribution in [1.82, 2.24) is 20.4 Å². The number of hydrogen-bond acceptors (Lipinski definition) is 6. The maximum Gasteiger partial charge on any atom is 0.248 e. The number of fused-ring (bicyclic) bond motifs is 1. The summed E-state index contributed by atoms with van der Waals surface area (Å²) in [5, 5.41) is 6.35. The molecule has 6 aliphatic rings. The number of carbonyl (C=O) groups excluding carboxylic acids is 3. The molecule has 3 aliphatic heterocycles. The van der Waals surface area contributed by atoms with Crippen LogP contribution >= 0.6 is 0 Å². The number of morpholine rings is 1. The van der Waals surface area contributed by atoms with E-state index in [4.69, 9.17) is 9.47 Å². The molecule has 5 fully saturated rings. The summed E-state index contributed by atoms with van der Waals surface area (Å²) in [6.45, 7) is 6.55. The van der Waals surface area contributed by atoms with Crippen molar-refractivity contribution in [2.75, 3.05) is 46.5 Å². The molecule has 0 spiro atoms. The summed E-state index contributed by atoms with van der Waals surface area (Å²) >= 11 is 0. The fourth-order valence-corrected chi connectivity index (χ4v) is 8.45. The SMILES string of the molecule is COC1CCCC2NC(=O)C=C(C(=O)N[C@@H]3CCN(C4C(C5CC5)CCC(C)C4C(=O)N4CCOCC4)C3)C21. The Morgan fingerprint density at radius 2 is 1.85 bits per heavy atom. The van der Waals surface area contributed by atoms with Crippen LogP contribution in [0.15, 0.2) is 11.6 Å². The first-order valence-electron chi connectivity index (χ1n) is 15.4. The molecule has 2 N–H and O–H groups in total. The van der Waals surface area contributed by atoms with Crippen molar-refractivity contribution in [1.29, 1.82) is 0 Å². The first-order valence-corrected chi connectivity index (χ1v) is 15.4. The van der Waals surface area contributed by atoms with Crippen LogP contribution in [0, 0.1) is 29.6 Å². The van der Waals surface area contributed by atoms with Crippen LogP contribution in [0.4, 0.5) is 0 Å². The third-order valence-electron chi connectivity index (χ3n) is 10.6. The molecule has 216 valence electrons. The molecule has 7 unspecified atom stereocenters. The van der Waals surface area contributed by atoms with Gasteiger partial charge in [0, 0.05) is 69.0 Å². The molecule has 3 heterocycles. The highest BCUT2D eigenvalue weighted by Crippen LogP contribution is 2.50. The van der Waals surface area contributed by atoms with Crippen molar-refractivity contribution in [3.8, 4) is 0 Å². The van der Waals surface area contributed by atoms with E-state index >= 15 is 0 Å². The van der Waals surface area contributed by atoms with Crippen molar-refractivity contribution in [2.24, 2.45) is 29.6 Å². The van der Waals surface area contributed by atoms with E-state index in [1.54, 1.807) is 7.11 Å². The van der Waals surface area contributed by atoms with E-state index in [9.17, 15) is 14.4 Å². The molecule has 0 aromatic carbocycles. The van der Waals surface area contributed by atoms with E-state index in [2.05, 4.69) is 22.5 Å². The van der Waals surface area contributed by atoms with Gasteiger partial charge in [0.25, 0.3) is 0 Å². The third-order valence-corrected chi connectivity index (χ3v) is 10.6. The van der Waals surface area contributed by atoms with Crippen LogP contribution in [0.25, 0.3) is 0 Å². The van der Waals surface area contributed by atoms with Gasteiger partial charge in [0.1, 0.15) is 0 Å². The molecule has 39 heavy (non-hydrogen) atoms. The van der Waals surface area contributed by atoms with E-state index in [0.29, 0.717) is 49.6 Å². The summed E-state index contributed by atoms with van der Waals surface area (Å²) < 4.78 is 11.3. The van der Waals surface area contributed by atoms with Crippen molar-refractivity contribution in [2.45, 2.75) is 82.5 Å². The highest BCUT2D eigenvalue weighted by molar-refractivity contribution is 6.03. The first kappa shape index (κ1) is 27.2. The maximum atomic E-state index is 13.9. The number of rotatable bonds is 6. The Kier molecular flexibility index (Phi) is 8.02. The number of hydrogen-bond donors (Lipinski definition) is 2. The van der Waals surface area contributed by atoms with Crippen LogP contribution in [0.1, 0.15) is 58.3 Å². The molecule has 0 aromatic rings. The van der Waals surface area contributed by atoms with Gasteiger partial charge in [-0.1, -0.05) is 6.92 Å². The Morgan fingerprint density at radius 1 is 1.05 bits per heavy atom. The second kappa shape index (κ2) is 11.5. The summed E-state index contributed by atoms with van der Waals surface area (Å²) in [6.07, 6.45) is 9.93. The Morgan fingerprint density at radius 3 is 2.59 bits per heavy atom. The van der Waals surface area contributed by atoms with Crippen LogP contribution in [-0.2, 0) is 23.9 Å². The molecule has 6 rings (SSSR count). The zero-order valence-corrected chi connectivity index (χ0v) is 23.6. The highest BCUT2D eigenvalue weighted by Gasteiger charge is 2.51. The van der Waals surface area contributed by atoms with Crippen molar-refractivity contribution in [3.05, 3.63) is 11.6 Å². The predicted octanol–water partition coefficient (Wildman–Crippen LogP) is 1.72. The molecule has 3 amide bonds. The Labute approximate surface area is 232 Å². The molecule has 9 heteroatoms. The molecule has 8 atom stereocenters. The van der Waals surface area contributed by atoms with Gasteiger partial charge in [0.2, 0.25) is 17.7 Å². The second-order valence-corrected chi connectivity index (χ2v) is 12.9. The molecule has 3 saturated carbocycles. The number of amides is 3. The average molecular weight is 543 g/mol. The lowest BCUT2D eigenvalue weighted by molar-refractivity contribution is -0.147. The summed E-state index contributed by atoms with van der Waals surface area (Å²) in [7, 11) is 1.70. The number of ether oxygens (including phenoxy) is 2. The lowest BCUT2D eigenvalue weighted by atomic mass is 9.68. The van der Waals surface area contributed by atoms with E-state index in [1.807, 2.05) is 4.90 Å². The van der Waals surface area contributed by atoms with Crippen LogP contribution < -0.4 is 10.6 Å². The van der Waals surface area contributed by atoms with Gasteiger partial charge < -0.3 is 25.0 Å². The summed E-state index contributed by atoms with van der Waals surface area (Å²) in [5.41, 5.74) is 0.566. The lowest BCUT2D eigenvalue weighted by Crippen LogP contribution is -2.57. The summed E-state index contributed by atoms with van der Waals surface area (Å²) in [4.78, 5) is 44.5. The number of nitrogens with one attached hydrogen (secondary N) is 2. The van der Waals surface area contributed by atoms with Crippen molar-refractivity contribution < 1.29 is 23.9 Å². The number of nitrogens with zero attached hydrogens (tertiary/aromatic N) is 2. The maximum absolute atomic E-state index is 13.9. The molecular formula is C30H46N4O5. The highest BCUT2D eigenvalue weighted by atomic mass is 16.5. The quantitative estimate of drug-likeness (QED) is 0.530. The van der Waals surface area contributed by atoms with Gasteiger partial charge in [0.15, 0.2) is 0 Å². The fourth-order valence-electron chi connectivity index (χ4n) is 8.45. The molecule has 0 bridgehead atoms. The van der Waals surface area contributed by atoms with E-state index < -0.39 is 0 Å². The topological polar surface area (TPSA) is 100 Å². The van der Waals surface area contributed by atoms with Crippen LogP contribution in [0.3, 0.4) is 0 Å². The van der Waals surface area contributed by atoms with Crippen LogP contribution in [-0.4, -0.2) is 98.3 Å². The minimum Gasteiger partial charge on any atom is -0.381 e. The van der Waals surface area contributed by atoms with Gasteiger partial charge in [-0.25, -0.2) is 0 Å². The zero-order valence-electron chi connectivity index (χ0n) is 23.6. The first-order chi connectivity index (χ1) is 18.9. The number of likely N-dealkylation sites (tertiary alicyclic amines) is 1. The second-order valence-electron chi connectivity index (χ2n) is 12.9. The van der Waals surface area contributed by atoms with Gasteiger partial charge >= 0.3 is 0 Å². The molecule has 3 aliphatic carbocycles. The standard InChI is InChI=1S/C30H46N4O5/c1-18-6-9-21(19-7-8-19)28(26(18)30(37)33-12-14-39-15-13-33)34-11-10-20(17-34)31-29(36)22-16-25(35)32-23-4-3-5-24(38-2)27(22)23/h16,18-21,23-24,26-28H,3-15,17H2,1-2H3,(H,31,36)(H,32,35)/t18?,20-,21?,23?,24?,26?,27?,28?/m1/s1. The minimum absolute atomic E-state index is 0.00658. The Balaban J connectivity index is 1.17. The Hall–Kier alpha value is -1.97. The van der Waals surface area contributed by atoms with Crippen LogP contribution in [0.2, 0.25) is 0 Å². The van der Waals surface area contributed by atoms with Gasteiger partial charge in [-0.05, 0) is 69.1 Å².